The van der Waals surface area contributed by atoms with Crippen molar-refractivity contribution in [2.24, 2.45) is 0 Å². The number of furan rings is 1. The van der Waals surface area contributed by atoms with E-state index in [1.54, 1.807) is 30.3 Å². The number of carbonyl (C=O) groups is 2. The highest BCUT2D eigenvalue weighted by molar-refractivity contribution is 6.34. The van der Waals surface area contributed by atoms with E-state index < -0.39 is 10.8 Å². The summed E-state index contributed by atoms with van der Waals surface area (Å²) in [5, 5.41) is 13.5. The standard InChI is InChI=1S/C20H15ClN2O6/c1-12(24)13-2-5-15(6-3-13)28-11-16-7-9-19(29-16)20(25)22-18-10-14(23(26)27)4-8-17(18)21/h2-10H,11H2,1H3,(H,22,25). The van der Waals surface area contributed by atoms with Crippen molar-refractivity contribution in [3.63, 3.8) is 0 Å². The molecular formula is C20H15ClN2O6. The van der Waals surface area contributed by atoms with Crippen LogP contribution in [-0.2, 0) is 6.61 Å². The molecule has 0 bridgehead atoms. The molecule has 1 N–H and O–H groups in total. The average molecular weight is 415 g/mol. The Hall–Kier alpha value is -3.65. The predicted molar refractivity (Wildman–Crippen MR) is 106 cm³/mol. The Kier molecular flexibility index (Phi) is 5.94. The van der Waals surface area contributed by atoms with Crippen molar-refractivity contribution in [1.29, 1.82) is 0 Å². The van der Waals surface area contributed by atoms with Gasteiger partial charge in [0, 0.05) is 17.7 Å². The molecule has 3 rings (SSSR count). The summed E-state index contributed by atoms with van der Waals surface area (Å²) in [6, 6.07) is 13.4. The summed E-state index contributed by atoms with van der Waals surface area (Å²) in [5.41, 5.74) is 0.480. The molecule has 0 aliphatic heterocycles. The van der Waals surface area contributed by atoms with E-state index in [1.165, 1.54) is 25.1 Å². The van der Waals surface area contributed by atoms with E-state index in [-0.39, 0.29) is 34.5 Å². The van der Waals surface area contributed by atoms with E-state index in [2.05, 4.69) is 5.32 Å². The van der Waals surface area contributed by atoms with E-state index in [4.69, 9.17) is 20.8 Å². The second-order valence-electron chi connectivity index (χ2n) is 6.01. The molecule has 8 nitrogen and oxygen atoms in total. The number of nitro benzene ring substituents is 1. The third kappa shape index (κ3) is 4.99. The van der Waals surface area contributed by atoms with Crippen LogP contribution in [0.25, 0.3) is 0 Å². The van der Waals surface area contributed by atoms with Crippen molar-refractivity contribution >= 4 is 34.7 Å². The number of Topliss-reactive ketones (excluding diaryl/α,β-unsaturated/α-hetero) is 1. The second kappa shape index (κ2) is 8.57. The van der Waals surface area contributed by atoms with Crippen molar-refractivity contribution in [3.8, 4) is 5.75 Å². The Morgan fingerprint density at radius 3 is 2.52 bits per heavy atom. The zero-order valence-electron chi connectivity index (χ0n) is 15.2. The molecule has 3 aromatic rings. The number of nitrogens with zero attached hydrogens (tertiary/aromatic N) is 1. The summed E-state index contributed by atoms with van der Waals surface area (Å²) in [6.45, 7) is 1.55. The van der Waals surface area contributed by atoms with Crippen molar-refractivity contribution in [2.75, 3.05) is 5.32 Å². The largest absolute Gasteiger partial charge is 0.486 e. The summed E-state index contributed by atoms with van der Waals surface area (Å²) in [6.07, 6.45) is 0. The topological polar surface area (TPSA) is 112 Å². The van der Waals surface area contributed by atoms with Crippen LogP contribution < -0.4 is 10.1 Å². The third-order valence-electron chi connectivity index (χ3n) is 3.94. The number of rotatable bonds is 7. The Morgan fingerprint density at radius 1 is 1.14 bits per heavy atom. The first-order valence-corrected chi connectivity index (χ1v) is 8.79. The van der Waals surface area contributed by atoms with Crippen LogP contribution in [-0.4, -0.2) is 16.6 Å². The fourth-order valence-electron chi connectivity index (χ4n) is 2.42. The highest BCUT2D eigenvalue weighted by Crippen LogP contribution is 2.27. The van der Waals surface area contributed by atoms with Gasteiger partial charge in [-0.25, -0.2) is 0 Å². The number of hydrogen-bond donors (Lipinski definition) is 1. The maximum absolute atomic E-state index is 12.3. The number of benzene rings is 2. The first-order valence-electron chi connectivity index (χ1n) is 8.41. The minimum atomic E-state index is -0.607. The van der Waals surface area contributed by atoms with Crippen LogP contribution in [0.3, 0.4) is 0 Å². The van der Waals surface area contributed by atoms with Crippen LogP contribution in [0.1, 0.15) is 33.6 Å². The fraction of sp³-hybridized carbons (Fsp3) is 0.100. The minimum Gasteiger partial charge on any atom is -0.486 e. The maximum atomic E-state index is 12.3. The first kappa shape index (κ1) is 20.1. The van der Waals surface area contributed by atoms with Crippen molar-refractivity contribution in [1.82, 2.24) is 0 Å². The number of carbonyl (C=O) groups excluding carboxylic acids is 2. The number of anilines is 1. The van der Waals surface area contributed by atoms with Crippen LogP contribution in [0.4, 0.5) is 11.4 Å². The lowest BCUT2D eigenvalue weighted by atomic mass is 10.1. The minimum absolute atomic E-state index is 0.00176. The van der Waals surface area contributed by atoms with Gasteiger partial charge in [0.2, 0.25) is 0 Å². The van der Waals surface area contributed by atoms with Gasteiger partial charge < -0.3 is 14.5 Å². The number of amides is 1. The predicted octanol–water partition coefficient (Wildman–Crippen LogP) is 4.88. The number of halogens is 1. The molecule has 29 heavy (non-hydrogen) atoms. The molecule has 0 radical (unpaired) electrons. The number of ketones is 1. The molecule has 148 valence electrons. The maximum Gasteiger partial charge on any atom is 0.291 e. The SMILES string of the molecule is CC(=O)c1ccc(OCc2ccc(C(=O)Nc3cc([N+](=O)[O-])ccc3Cl)o2)cc1. The summed E-state index contributed by atoms with van der Waals surface area (Å²) in [5.74, 6) is 0.293. The summed E-state index contributed by atoms with van der Waals surface area (Å²) >= 11 is 5.98. The molecule has 0 saturated heterocycles. The number of hydrogen-bond acceptors (Lipinski definition) is 6. The molecule has 0 saturated carbocycles. The smallest absolute Gasteiger partial charge is 0.291 e. The number of nitro groups is 1. The number of nitrogens with one attached hydrogen (secondary N) is 1. The first-order chi connectivity index (χ1) is 13.8. The Balaban J connectivity index is 1.63. The van der Waals surface area contributed by atoms with E-state index in [9.17, 15) is 19.7 Å². The Bertz CT molecular complexity index is 1070. The second-order valence-corrected chi connectivity index (χ2v) is 6.42. The van der Waals surface area contributed by atoms with Crippen LogP contribution in [0.15, 0.2) is 59.0 Å². The third-order valence-corrected chi connectivity index (χ3v) is 4.27. The Labute approximate surface area is 170 Å². The van der Waals surface area contributed by atoms with Gasteiger partial charge in [0.05, 0.1) is 15.6 Å². The average Bonchev–Trinajstić information content (AvgIpc) is 3.17. The molecule has 0 unspecified atom stereocenters. The van der Waals surface area contributed by atoms with Crippen LogP contribution in [0.2, 0.25) is 5.02 Å². The Morgan fingerprint density at radius 2 is 1.86 bits per heavy atom. The van der Waals surface area contributed by atoms with Gasteiger partial charge >= 0.3 is 0 Å². The summed E-state index contributed by atoms with van der Waals surface area (Å²) in [7, 11) is 0. The van der Waals surface area contributed by atoms with E-state index in [0.717, 1.165) is 6.07 Å². The van der Waals surface area contributed by atoms with Crippen molar-refractivity contribution in [2.45, 2.75) is 13.5 Å². The molecule has 1 aromatic heterocycles. The van der Waals surface area contributed by atoms with E-state index in [0.29, 0.717) is 17.1 Å². The van der Waals surface area contributed by atoms with Crippen LogP contribution in [0.5, 0.6) is 5.75 Å². The number of ether oxygens (including phenoxy) is 1. The molecule has 1 amide bonds. The quantitative estimate of drug-likeness (QED) is 0.335. The fourth-order valence-corrected chi connectivity index (χ4v) is 2.59. The van der Waals surface area contributed by atoms with Crippen molar-refractivity contribution in [3.05, 3.63) is 86.8 Å². The van der Waals surface area contributed by atoms with Gasteiger partial charge in [-0.1, -0.05) is 11.6 Å². The highest BCUT2D eigenvalue weighted by atomic mass is 35.5. The summed E-state index contributed by atoms with van der Waals surface area (Å²) in [4.78, 5) is 33.9. The lowest BCUT2D eigenvalue weighted by Gasteiger charge is -2.06. The zero-order valence-corrected chi connectivity index (χ0v) is 15.9. The van der Waals surface area contributed by atoms with Gasteiger partial charge in [-0.15, -0.1) is 0 Å². The molecule has 2 aromatic carbocycles. The van der Waals surface area contributed by atoms with E-state index in [1.807, 2.05) is 0 Å². The lowest BCUT2D eigenvalue weighted by molar-refractivity contribution is -0.384. The molecule has 0 aliphatic carbocycles. The molecule has 0 aliphatic rings. The van der Waals surface area contributed by atoms with Crippen LogP contribution in [0, 0.1) is 10.1 Å². The van der Waals surface area contributed by atoms with Gasteiger partial charge in [-0.3, -0.25) is 19.7 Å². The molecule has 1 heterocycles. The van der Waals surface area contributed by atoms with Gasteiger partial charge in [0.15, 0.2) is 11.5 Å². The molecule has 0 spiro atoms. The molecular weight excluding hydrogens is 400 g/mol. The van der Waals surface area contributed by atoms with Crippen molar-refractivity contribution < 1.29 is 23.7 Å². The van der Waals surface area contributed by atoms with Gasteiger partial charge in [-0.05, 0) is 49.4 Å². The molecule has 9 heteroatoms. The zero-order chi connectivity index (χ0) is 21.0. The number of non-ortho nitro benzene ring substituents is 1. The normalized spacial score (nSPS) is 10.4. The van der Waals surface area contributed by atoms with Gasteiger partial charge in [0.1, 0.15) is 18.1 Å². The van der Waals surface area contributed by atoms with Gasteiger partial charge in [-0.2, -0.15) is 0 Å². The molecule has 0 fully saturated rings. The van der Waals surface area contributed by atoms with Crippen LogP contribution >= 0.6 is 11.6 Å². The van der Waals surface area contributed by atoms with E-state index >= 15 is 0 Å². The molecule has 0 atom stereocenters. The summed E-state index contributed by atoms with van der Waals surface area (Å²) < 4.78 is 11.0. The lowest BCUT2D eigenvalue weighted by Crippen LogP contribution is -2.11. The van der Waals surface area contributed by atoms with Gasteiger partial charge in [0.25, 0.3) is 11.6 Å². The highest BCUT2D eigenvalue weighted by Gasteiger charge is 2.16. The monoisotopic (exact) mass is 414 g/mol.